The van der Waals surface area contributed by atoms with Crippen LogP contribution in [0.25, 0.3) is 0 Å². The van der Waals surface area contributed by atoms with Crippen molar-refractivity contribution in [2.24, 2.45) is 0 Å². The fraction of sp³-hybridized carbons (Fsp3) is 0.250. The van der Waals surface area contributed by atoms with Crippen LogP contribution in [0.3, 0.4) is 0 Å². The molecule has 2 unspecified atom stereocenters. The van der Waals surface area contributed by atoms with Gasteiger partial charge in [-0.3, -0.25) is 0 Å². The molecule has 1 fully saturated rings. The van der Waals surface area contributed by atoms with Gasteiger partial charge in [0.05, 0.1) is 0 Å². The molecule has 2 nitrogen and oxygen atoms in total. The maximum absolute atomic E-state index is 5.76. The van der Waals surface area contributed by atoms with Gasteiger partial charge in [0.25, 0.3) is 0 Å². The molecule has 0 bridgehead atoms. The third-order valence-corrected chi connectivity index (χ3v) is 4.25. The summed E-state index contributed by atoms with van der Waals surface area (Å²) >= 11 is -1.87. The summed E-state index contributed by atoms with van der Waals surface area (Å²) in [6, 6.07) is 10.0. The van der Waals surface area contributed by atoms with Crippen molar-refractivity contribution in [3.63, 3.8) is 0 Å². The molecule has 64 valence electrons. The molecule has 1 heterocycles. The number of hydrogen-bond acceptors (Lipinski definition) is 2. The van der Waals surface area contributed by atoms with Crippen LogP contribution in [0, 0.1) is 0 Å². The second-order valence-corrected chi connectivity index (χ2v) is 5.82. The van der Waals surface area contributed by atoms with Crippen molar-refractivity contribution in [1.29, 1.82) is 0 Å². The van der Waals surface area contributed by atoms with E-state index in [0.29, 0.717) is 6.61 Å². The summed E-state index contributed by atoms with van der Waals surface area (Å²) in [5.74, 6) is 0. The van der Waals surface area contributed by atoms with Crippen LogP contribution in [0.1, 0.15) is 11.7 Å². The van der Waals surface area contributed by atoms with Crippen LogP contribution < -0.4 is 0 Å². The van der Waals surface area contributed by atoms with E-state index in [1.54, 1.807) is 0 Å². The second-order valence-electron chi connectivity index (χ2n) is 2.51. The molecule has 0 spiro atoms. The van der Waals surface area contributed by atoms with Crippen molar-refractivity contribution in [3.8, 4) is 0 Å². The standard InChI is InChI=1S/C8H8AsClO2/c10-9-11-6-8(12-9)7-4-2-1-3-5-7/h1-5,8H,6H2. The first kappa shape index (κ1) is 8.58. The van der Waals surface area contributed by atoms with E-state index in [-0.39, 0.29) is 6.10 Å². The van der Waals surface area contributed by atoms with E-state index in [2.05, 4.69) is 0 Å². The van der Waals surface area contributed by atoms with E-state index in [4.69, 9.17) is 17.4 Å². The van der Waals surface area contributed by atoms with Crippen molar-refractivity contribution < 1.29 is 7.45 Å². The van der Waals surface area contributed by atoms with E-state index in [1.807, 2.05) is 30.3 Å². The van der Waals surface area contributed by atoms with E-state index in [9.17, 15) is 0 Å². The first-order valence-electron chi connectivity index (χ1n) is 3.67. The summed E-state index contributed by atoms with van der Waals surface area (Å²) < 4.78 is 10.6. The van der Waals surface area contributed by atoms with E-state index in [1.165, 1.54) is 0 Å². The van der Waals surface area contributed by atoms with Gasteiger partial charge in [-0.05, 0) is 0 Å². The fourth-order valence-electron chi connectivity index (χ4n) is 1.11. The molecular weight excluding hydrogens is 238 g/mol. The molecule has 2 atom stereocenters. The minimum absolute atomic E-state index is 0.0590. The molecule has 0 aromatic heterocycles. The van der Waals surface area contributed by atoms with E-state index < -0.39 is 14.4 Å². The van der Waals surface area contributed by atoms with Gasteiger partial charge in [-0.1, -0.05) is 0 Å². The van der Waals surface area contributed by atoms with Crippen LogP contribution in [0.4, 0.5) is 0 Å². The van der Waals surface area contributed by atoms with Gasteiger partial charge in [0.15, 0.2) is 0 Å². The molecule has 2 rings (SSSR count). The molecule has 0 saturated carbocycles. The van der Waals surface area contributed by atoms with Crippen molar-refractivity contribution in [2.45, 2.75) is 6.10 Å². The van der Waals surface area contributed by atoms with Gasteiger partial charge in [-0.2, -0.15) is 0 Å². The zero-order valence-electron chi connectivity index (χ0n) is 6.31. The Kier molecular flexibility index (Phi) is 2.72. The summed E-state index contributed by atoms with van der Waals surface area (Å²) in [6.45, 7) is 0.605. The van der Waals surface area contributed by atoms with Crippen LogP contribution in [0.5, 0.6) is 0 Å². The third kappa shape index (κ3) is 1.83. The zero-order chi connectivity index (χ0) is 8.39. The Morgan fingerprint density at radius 2 is 2.08 bits per heavy atom. The Balaban J connectivity index is 2.11. The molecule has 1 aromatic rings. The fourth-order valence-corrected chi connectivity index (χ4v) is 3.37. The number of hydrogen-bond donors (Lipinski definition) is 0. The normalized spacial score (nSPS) is 29.1. The average molecular weight is 247 g/mol. The van der Waals surface area contributed by atoms with Gasteiger partial charge in [-0.25, -0.2) is 0 Å². The molecule has 0 N–H and O–H groups in total. The summed E-state index contributed by atoms with van der Waals surface area (Å²) in [7, 11) is 5.76. The Morgan fingerprint density at radius 1 is 1.33 bits per heavy atom. The molecule has 1 saturated heterocycles. The van der Waals surface area contributed by atoms with E-state index in [0.717, 1.165) is 5.56 Å². The van der Waals surface area contributed by atoms with E-state index >= 15 is 0 Å². The van der Waals surface area contributed by atoms with Gasteiger partial charge in [0.1, 0.15) is 0 Å². The molecular formula is C8H8AsClO2. The minimum atomic E-state index is -1.87. The molecule has 1 aliphatic heterocycles. The van der Waals surface area contributed by atoms with Gasteiger partial charge in [0, 0.05) is 0 Å². The Bertz CT molecular complexity index is 254. The predicted octanol–water partition coefficient (Wildman–Crippen LogP) is 2.00. The molecule has 0 aliphatic carbocycles. The summed E-state index contributed by atoms with van der Waals surface area (Å²) in [6.07, 6.45) is 0.0590. The SMILES string of the molecule is Cl[As]1OCC(c2ccccc2)O1. The van der Waals surface area contributed by atoms with Crippen LogP contribution in [0.15, 0.2) is 30.3 Å². The van der Waals surface area contributed by atoms with Crippen LogP contribution in [-0.4, -0.2) is 21.0 Å². The van der Waals surface area contributed by atoms with Gasteiger partial charge < -0.3 is 0 Å². The monoisotopic (exact) mass is 246 g/mol. The van der Waals surface area contributed by atoms with Gasteiger partial charge in [-0.15, -0.1) is 0 Å². The maximum atomic E-state index is 5.76. The molecule has 1 aliphatic rings. The number of benzene rings is 1. The average Bonchev–Trinajstić information content (AvgIpc) is 2.54. The molecule has 0 radical (unpaired) electrons. The Labute approximate surface area is 80.6 Å². The first-order chi connectivity index (χ1) is 5.86. The summed E-state index contributed by atoms with van der Waals surface area (Å²) in [5.41, 5.74) is 1.15. The summed E-state index contributed by atoms with van der Waals surface area (Å²) in [5, 5.41) is 0. The Morgan fingerprint density at radius 3 is 2.67 bits per heavy atom. The summed E-state index contributed by atoms with van der Waals surface area (Å²) in [4.78, 5) is 0. The van der Waals surface area contributed by atoms with Crippen LogP contribution in [0.2, 0.25) is 0 Å². The molecule has 0 amide bonds. The Hall–Kier alpha value is -0.0116. The topological polar surface area (TPSA) is 18.5 Å². The quantitative estimate of drug-likeness (QED) is 0.706. The second kappa shape index (κ2) is 3.80. The first-order valence-corrected chi connectivity index (χ1v) is 7.66. The molecule has 4 heteroatoms. The van der Waals surface area contributed by atoms with Crippen molar-refractivity contribution in [3.05, 3.63) is 35.9 Å². The van der Waals surface area contributed by atoms with Crippen LogP contribution >= 0.6 is 9.95 Å². The molecule has 1 aromatic carbocycles. The van der Waals surface area contributed by atoms with Gasteiger partial charge in [0.2, 0.25) is 0 Å². The zero-order valence-corrected chi connectivity index (χ0v) is 8.95. The molecule has 12 heavy (non-hydrogen) atoms. The predicted molar refractivity (Wildman–Crippen MR) is 47.8 cm³/mol. The van der Waals surface area contributed by atoms with Crippen LogP contribution in [-0.2, 0) is 7.45 Å². The number of rotatable bonds is 1. The third-order valence-electron chi connectivity index (χ3n) is 1.71. The number of halogens is 1. The van der Waals surface area contributed by atoms with Crippen molar-refractivity contribution in [1.82, 2.24) is 0 Å². The van der Waals surface area contributed by atoms with Crippen molar-refractivity contribution >= 4 is 24.3 Å². The van der Waals surface area contributed by atoms with Gasteiger partial charge >= 0.3 is 80.4 Å². The van der Waals surface area contributed by atoms with Crippen molar-refractivity contribution in [2.75, 3.05) is 6.61 Å².